The Bertz CT molecular complexity index is 529. The highest BCUT2D eigenvalue weighted by atomic mass is 16.1. The number of hydrogen-bond acceptors (Lipinski definition) is 2. The fraction of sp³-hybridized carbons (Fsp3) is 0.0667. The maximum atomic E-state index is 11.7. The molecule has 2 rings (SSSR count). The Morgan fingerprint density at radius 3 is 2.47 bits per heavy atom. The lowest BCUT2D eigenvalue weighted by Gasteiger charge is -2.03. The summed E-state index contributed by atoms with van der Waals surface area (Å²) in [6, 6.07) is 13.4. The highest BCUT2D eigenvalue weighted by molar-refractivity contribution is 6.24. The largest absolute Gasteiger partial charge is 0.294 e. The van der Waals surface area contributed by atoms with Gasteiger partial charge in [-0.2, -0.15) is 0 Å². The van der Waals surface area contributed by atoms with Gasteiger partial charge in [-0.15, -0.1) is 0 Å². The lowest BCUT2D eigenvalue weighted by molar-refractivity contribution is -0.111. The van der Waals surface area contributed by atoms with Crippen molar-refractivity contribution in [2.24, 2.45) is 0 Å². The molecular weight excluding hydrogens is 210 g/mol. The van der Waals surface area contributed by atoms with Crippen molar-refractivity contribution in [3.63, 3.8) is 0 Å². The van der Waals surface area contributed by atoms with Crippen LogP contribution in [-0.2, 0) is 4.79 Å². The van der Waals surface area contributed by atoms with Gasteiger partial charge in [-0.1, -0.05) is 36.4 Å². The van der Waals surface area contributed by atoms with Crippen molar-refractivity contribution in [1.29, 1.82) is 0 Å². The van der Waals surface area contributed by atoms with Crippen molar-refractivity contribution in [2.45, 2.75) is 6.92 Å². The van der Waals surface area contributed by atoms with E-state index in [4.69, 9.17) is 0 Å². The molecular formula is C15H13NO. The first kappa shape index (κ1) is 11.3. The van der Waals surface area contributed by atoms with Crippen LogP contribution >= 0.6 is 0 Å². The van der Waals surface area contributed by atoms with Crippen LogP contribution in [0.5, 0.6) is 0 Å². The number of allylic oxidation sites excluding steroid dienone is 1. The van der Waals surface area contributed by atoms with Crippen LogP contribution in [0.2, 0.25) is 0 Å². The number of carbonyl (C=O) groups excluding carboxylic acids is 1. The summed E-state index contributed by atoms with van der Waals surface area (Å²) < 4.78 is 0. The Morgan fingerprint density at radius 1 is 1.12 bits per heavy atom. The number of rotatable bonds is 3. The molecule has 2 nitrogen and oxygen atoms in total. The summed E-state index contributed by atoms with van der Waals surface area (Å²) in [5, 5.41) is 0. The number of Topliss-reactive ketones (excluding diaryl/α,β-unsaturated/α-hetero) is 1. The molecule has 0 aliphatic carbocycles. The zero-order valence-corrected chi connectivity index (χ0v) is 9.63. The zero-order chi connectivity index (χ0) is 12.1. The second kappa shape index (κ2) is 5.21. The predicted octanol–water partition coefficient (Wildman–Crippen LogP) is 3.21. The van der Waals surface area contributed by atoms with Crippen molar-refractivity contribution >= 4 is 17.4 Å². The molecule has 1 aromatic heterocycles. The first-order valence-electron chi connectivity index (χ1n) is 5.45. The van der Waals surface area contributed by atoms with Crippen LogP contribution in [0.25, 0.3) is 11.6 Å². The number of carbonyl (C=O) groups is 1. The number of aromatic nitrogens is 1. The topological polar surface area (TPSA) is 30.0 Å². The van der Waals surface area contributed by atoms with Crippen molar-refractivity contribution in [1.82, 2.24) is 4.98 Å². The SMILES string of the molecule is CC(=O)/C(=C/c1cccnc1)c1ccccc1. The Morgan fingerprint density at radius 2 is 1.88 bits per heavy atom. The second-order valence-corrected chi connectivity index (χ2v) is 3.77. The minimum atomic E-state index is 0.0556. The minimum absolute atomic E-state index is 0.0556. The van der Waals surface area contributed by atoms with E-state index >= 15 is 0 Å². The normalized spacial score (nSPS) is 11.2. The summed E-state index contributed by atoms with van der Waals surface area (Å²) in [5.74, 6) is 0.0556. The first-order chi connectivity index (χ1) is 8.27. The molecule has 0 fully saturated rings. The molecule has 0 aliphatic rings. The summed E-state index contributed by atoms with van der Waals surface area (Å²) in [6.45, 7) is 1.58. The number of benzene rings is 1. The molecule has 84 valence electrons. The number of hydrogen-bond donors (Lipinski definition) is 0. The average Bonchev–Trinajstić information content (AvgIpc) is 2.38. The van der Waals surface area contributed by atoms with Crippen molar-refractivity contribution in [2.75, 3.05) is 0 Å². The summed E-state index contributed by atoms with van der Waals surface area (Å²) in [7, 11) is 0. The molecule has 0 saturated carbocycles. The van der Waals surface area contributed by atoms with E-state index in [9.17, 15) is 4.79 Å². The van der Waals surface area contributed by atoms with Gasteiger partial charge in [-0.05, 0) is 30.2 Å². The number of nitrogens with zero attached hydrogens (tertiary/aromatic N) is 1. The van der Waals surface area contributed by atoms with E-state index in [1.807, 2.05) is 48.5 Å². The van der Waals surface area contributed by atoms with E-state index < -0.39 is 0 Å². The quantitative estimate of drug-likeness (QED) is 0.748. The highest BCUT2D eigenvalue weighted by Gasteiger charge is 2.06. The van der Waals surface area contributed by atoms with Gasteiger partial charge in [0.25, 0.3) is 0 Å². The van der Waals surface area contributed by atoms with E-state index in [0.717, 1.165) is 11.1 Å². The molecule has 0 radical (unpaired) electrons. The van der Waals surface area contributed by atoms with Gasteiger partial charge >= 0.3 is 0 Å². The van der Waals surface area contributed by atoms with E-state index in [0.29, 0.717) is 5.57 Å². The lowest BCUT2D eigenvalue weighted by Crippen LogP contribution is -1.95. The Balaban J connectivity index is 2.44. The Kier molecular flexibility index (Phi) is 3.46. The molecule has 0 bridgehead atoms. The van der Waals surface area contributed by atoms with Crippen LogP contribution in [0.4, 0.5) is 0 Å². The van der Waals surface area contributed by atoms with Gasteiger partial charge < -0.3 is 0 Å². The molecule has 0 saturated heterocycles. The predicted molar refractivity (Wildman–Crippen MR) is 69.2 cm³/mol. The molecule has 0 amide bonds. The number of ketones is 1. The second-order valence-electron chi connectivity index (χ2n) is 3.77. The Labute approximate surface area is 101 Å². The van der Waals surface area contributed by atoms with E-state index in [-0.39, 0.29) is 5.78 Å². The van der Waals surface area contributed by atoms with Crippen molar-refractivity contribution in [3.05, 3.63) is 66.0 Å². The van der Waals surface area contributed by atoms with Crippen LogP contribution in [0.15, 0.2) is 54.9 Å². The molecule has 0 unspecified atom stereocenters. The number of pyridine rings is 1. The molecule has 1 aromatic carbocycles. The fourth-order valence-electron chi connectivity index (χ4n) is 1.63. The third-order valence-electron chi connectivity index (χ3n) is 2.46. The maximum Gasteiger partial charge on any atom is 0.160 e. The summed E-state index contributed by atoms with van der Waals surface area (Å²) in [5.41, 5.74) is 2.57. The van der Waals surface area contributed by atoms with Crippen molar-refractivity contribution < 1.29 is 4.79 Å². The van der Waals surface area contributed by atoms with Gasteiger partial charge in [0.15, 0.2) is 5.78 Å². The van der Waals surface area contributed by atoms with Gasteiger partial charge in [0.05, 0.1) is 0 Å². The fourth-order valence-corrected chi connectivity index (χ4v) is 1.63. The standard InChI is InChI=1S/C15H13NO/c1-12(17)15(14-7-3-2-4-8-14)10-13-6-5-9-16-11-13/h2-11H,1H3/b15-10-. The molecule has 2 heteroatoms. The monoisotopic (exact) mass is 223 g/mol. The lowest BCUT2D eigenvalue weighted by atomic mass is 10.0. The van der Waals surface area contributed by atoms with Crippen LogP contribution < -0.4 is 0 Å². The van der Waals surface area contributed by atoms with Crippen LogP contribution in [0.3, 0.4) is 0 Å². The van der Waals surface area contributed by atoms with Gasteiger partial charge in [-0.25, -0.2) is 0 Å². The summed E-state index contributed by atoms with van der Waals surface area (Å²) >= 11 is 0. The molecule has 0 atom stereocenters. The van der Waals surface area contributed by atoms with Crippen LogP contribution in [0.1, 0.15) is 18.1 Å². The van der Waals surface area contributed by atoms with E-state index in [2.05, 4.69) is 4.98 Å². The molecule has 0 N–H and O–H groups in total. The van der Waals surface area contributed by atoms with Crippen LogP contribution in [0, 0.1) is 0 Å². The Hall–Kier alpha value is -2.22. The third-order valence-corrected chi connectivity index (χ3v) is 2.46. The highest BCUT2D eigenvalue weighted by Crippen LogP contribution is 2.18. The smallest absolute Gasteiger partial charge is 0.160 e. The first-order valence-corrected chi connectivity index (χ1v) is 5.45. The third kappa shape index (κ3) is 2.88. The summed E-state index contributed by atoms with van der Waals surface area (Å²) in [4.78, 5) is 15.7. The molecule has 0 aliphatic heterocycles. The molecule has 0 spiro atoms. The van der Waals surface area contributed by atoms with Gasteiger partial charge in [-0.3, -0.25) is 9.78 Å². The molecule has 2 aromatic rings. The van der Waals surface area contributed by atoms with Gasteiger partial charge in [0.1, 0.15) is 0 Å². The van der Waals surface area contributed by atoms with Gasteiger partial charge in [0.2, 0.25) is 0 Å². The van der Waals surface area contributed by atoms with E-state index in [1.165, 1.54) is 0 Å². The van der Waals surface area contributed by atoms with Crippen molar-refractivity contribution in [3.8, 4) is 0 Å². The minimum Gasteiger partial charge on any atom is -0.294 e. The van der Waals surface area contributed by atoms with Crippen LogP contribution in [-0.4, -0.2) is 10.8 Å². The van der Waals surface area contributed by atoms with Gasteiger partial charge in [0, 0.05) is 18.0 Å². The summed E-state index contributed by atoms with van der Waals surface area (Å²) in [6.07, 6.45) is 5.32. The van der Waals surface area contributed by atoms with E-state index in [1.54, 1.807) is 19.3 Å². The molecule has 1 heterocycles. The average molecular weight is 223 g/mol. The maximum absolute atomic E-state index is 11.7. The zero-order valence-electron chi connectivity index (χ0n) is 9.63. The molecule has 17 heavy (non-hydrogen) atoms.